The van der Waals surface area contributed by atoms with E-state index in [2.05, 4.69) is 18.7 Å². The molecule has 1 fully saturated rings. The van der Waals surface area contributed by atoms with E-state index in [1.807, 2.05) is 0 Å². The SMILES string of the molecule is COCC(C)(C)CN1CCC(C(F)(F)F)CC1. The number of ether oxygens (including phenoxy) is 1. The summed E-state index contributed by atoms with van der Waals surface area (Å²) in [4.78, 5) is 2.11. The molecule has 2 nitrogen and oxygen atoms in total. The van der Waals surface area contributed by atoms with Gasteiger partial charge in [-0.2, -0.15) is 13.2 Å². The number of likely N-dealkylation sites (tertiary alicyclic amines) is 1. The Bertz CT molecular complexity index is 232. The Labute approximate surface area is 101 Å². The highest BCUT2D eigenvalue weighted by molar-refractivity contribution is 4.81. The van der Waals surface area contributed by atoms with Crippen molar-refractivity contribution in [3.8, 4) is 0 Å². The number of alkyl halides is 3. The zero-order valence-corrected chi connectivity index (χ0v) is 10.8. The number of methoxy groups -OCH3 is 1. The number of rotatable bonds is 4. The fourth-order valence-electron chi connectivity index (χ4n) is 2.46. The molecule has 0 amide bonds. The molecule has 1 saturated heterocycles. The van der Waals surface area contributed by atoms with Crippen LogP contribution < -0.4 is 0 Å². The van der Waals surface area contributed by atoms with Crippen LogP contribution in [0.2, 0.25) is 0 Å². The van der Waals surface area contributed by atoms with Crippen LogP contribution in [-0.2, 0) is 4.74 Å². The fraction of sp³-hybridized carbons (Fsp3) is 1.00. The van der Waals surface area contributed by atoms with E-state index in [0.717, 1.165) is 6.54 Å². The molecule has 0 radical (unpaired) electrons. The molecule has 0 bridgehead atoms. The van der Waals surface area contributed by atoms with Crippen LogP contribution in [0.4, 0.5) is 13.2 Å². The standard InChI is InChI=1S/C12H22F3NO/c1-11(2,9-17-3)8-16-6-4-10(5-7-16)12(13,14)15/h10H,4-9H2,1-3H3. The van der Waals surface area contributed by atoms with Crippen LogP contribution in [0.3, 0.4) is 0 Å². The van der Waals surface area contributed by atoms with Gasteiger partial charge in [0.15, 0.2) is 0 Å². The van der Waals surface area contributed by atoms with E-state index in [-0.39, 0.29) is 18.3 Å². The average molecular weight is 253 g/mol. The van der Waals surface area contributed by atoms with Crippen molar-refractivity contribution in [1.82, 2.24) is 4.90 Å². The molecule has 0 aromatic heterocycles. The molecule has 1 aliphatic rings. The molecule has 0 spiro atoms. The van der Waals surface area contributed by atoms with E-state index in [1.54, 1.807) is 7.11 Å². The molecule has 17 heavy (non-hydrogen) atoms. The van der Waals surface area contributed by atoms with E-state index in [0.29, 0.717) is 19.7 Å². The molecule has 0 aliphatic carbocycles. The molecule has 1 rings (SSSR count). The second-order valence-electron chi connectivity index (χ2n) is 5.69. The Morgan fingerprint density at radius 2 is 1.71 bits per heavy atom. The topological polar surface area (TPSA) is 12.5 Å². The summed E-state index contributed by atoms with van der Waals surface area (Å²) in [5, 5.41) is 0. The highest BCUT2D eigenvalue weighted by Crippen LogP contribution is 2.34. The van der Waals surface area contributed by atoms with Crippen molar-refractivity contribution in [3.63, 3.8) is 0 Å². The molecule has 0 atom stereocenters. The number of hydrogen-bond acceptors (Lipinski definition) is 2. The smallest absolute Gasteiger partial charge is 0.384 e. The molecule has 0 N–H and O–H groups in total. The summed E-state index contributed by atoms with van der Waals surface area (Å²) < 4.78 is 42.6. The molecule has 5 heteroatoms. The summed E-state index contributed by atoms with van der Waals surface area (Å²) >= 11 is 0. The quantitative estimate of drug-likeness (QED) is 0.763. The largest absolute Gasteiger partial charge is 0.391 e. The predicted molar refractivity (Wildman–Crippen MR) is 60.9 cm³/mol. The Balaban J connectivity index is 2.37. The highest BCUT2D eigenvalue weighted by Gasteiger charge is 2.41. The first-order valence-electron chi connectivity index (χ1n) is 6.02. The molecule has 0 unspecified atom stereocenters. The highest BCUT2D eigenvalue weighted by atomic mass is 19.4. The van der Waals surface area contributed by atoms with E-state index < -0.39 is 12.1 Å². The zero-order valence-electron chi connectivity index (χ0n) is 10.8. The van der Waals surface area contributed by atoms with Gasteiger partial charge >= 0.3 is 6.18 Å². The van der Waals surface area contributed by atoms with Crippen molar-refractivity contribution in [3.05, 3.63) is 0 Å². The molecule has 1 heterocycles. The van der Waals surface area contributed by atoms with Crippen LogP contribution in [0.25, 0.3) is 0 Å². The van der Waals surface area contributed by atoms with Gasteiger partial charge in [0.2, 0.25) is 0 Å². The van der Waals surface area contributed by atoms with Gasteiger partial charge in [0, 0.05) is 19.1 Å². The van der Waals surface area contributed by atoms with Crippen LogP contribution in [-0.4, -0.2) is 44.4 Å². The van der Waals surface area contributed by atoms with Crippen LogP contribution in [0, 0.1) is 11.3 Å². The van der Waals surface area contributed by atoms with Gasteiger partial charge in [-0.15, -0.1) is 0 Å². The van der Waals surface area contributed by atoms with Gasteiger partial charge in [-0.25, -0.2) is 0 Å². The summed E-state index contributed by atoms with van der Waals surface area (Å²) in [5.41, 5.74) is -0.000179. The third-order valence-corrected chi connectivity index (χ3v) is 3.24. The van der Waals surface area contributed by atoms with Gasteiger partial charge in [-0.1, -0.05) is 13.8 Å². The lowest BCUT2D eigenvalue weighted by Crippen LogP contribution is -2.44. The van der Waals surface area contributed by atoms with E-state index >= 15 is 0 Å². The molecule has 0 saturated carbocycles. The molecule has 102 valence electrons. The van der Waals surface area contributed by atoms with Gasteiger partial charge in [0.25, 0.3) is 0 Å². The number of piperidine rings is 1. The second-order valence-corrected chi connectivity index (χ2v) is 5.69. The molecule has 0 aromatic rings. The van der Waals surface area contributed by atoms with Gasteiger partial charge < -0.3 is 9.64 Å². The van der Waals surface area contributed by atoms with Crippen LogP contribution >= 0.6 is 0 Å². The lowest BCUT2D eigenvalue weighted by molar-refractivity contribution is -0.185. The monoisotopic (exact) mass is 253 g/mol. The van der Waals surface area contributed by atoms with Crippen molar-refractivity contribution in [2.75, 3.05) is 33.4 Å². The minimum atomic E-state index is -4.02. The summed E-state index contributed by atoms with van der Waals surface area (Å²) in [6, 6.07) is 0. The summed E-state index contributed by atoms with van der Waals surface area (Å²) in [7, 11) is 1.65. The van der Waals surface area contributed by atoms with Gasteiger partial charge in [0.05, 0.1) is 12.5 Å². The Morgan fingerprint density at radius 3 is 2.12 bits per heavy atom. The van der Waals surface area contributed by atoms with Crippen LogP contribution in [0.5, 0.6) is 0 Å². The fourth-order valence-corrected chi connectivity index (χ4v) is 2.46. The van der Waals surface area contributed by atoms with Crippen LogP contribution in [0.1, 0.15) is 26.7 Å². The van der Waals surface area contributed by atoms with Crippen molar-refractivity contribution in [1.29, 1.82) is 0 Å². The van der Waals surface area contributed by atoms with Crippen molar-refractivity contribution >= 4 is 0 Å². The molecule has 1 aliphatic heterocycles. The van der Waals surface area contributed by atoms with E-state index in [9.17, 15) is 13.2 Å². The molecular formula is C12H22F3NO. The van der Waals surface area contributed by atoms with E-state index in [4.69, 9.17) is 4.74 Å². The summed E-state index contributed by atoms with van der Waals surface area (Å²) in [5.74, 6) is -1.11. The maximum Gasteiger partial charge on any atom is 0.391 e. The zero-order chi connectivity index (χ0) is 13.1. The lowest BCUT2D eigenvalue weighted by atomic mass is 9.90. The normalized spacial score (nSPS) is 20.8. The number of hydrogen-bond donors (Lipinski definition) is 0. The first kappa shape index (κ1) is 14.8. The summed E-state index contributed by atoms with van der Waals surface area (Å²) in [6.45, 7) is 6.66. The first-order valence-corrected chi connectivity index (χ1v) is 6.02. The minimum Gasteiger partial charge on any atom is -0.384 e. The Kier molecular flexibility index (Phi) is 4.84. The second kappa shape index (κ2) is 5.57. The van der Waals surface area contributed by atoms with Crippen LogP contribution in [0.15, 0.2) is 0 Å². The van der Waals surface area contributed by atoms with Gasteiger partial charge in [-0.05, 0) is 25.9 Å². The third-order valence-electron chi connectivity index (χ3n) is 3.24. The average Bonchev–Trinajstić information content (AvgIpc) is 2.16. The maximum absolute atomic E-state index is 12.5. The molecular weight excluding hydrogens is 231 g/mol. The molecule has 0 aromatic carbocycles. The van der Waals surface area contributed by atoms with Gasteiger partial charge in [-0.3, -0.25) is 0 Å². The van der Waals surface area contributed by atoms with E-state index in [1.165, 1.54) is 0 Å². The maximum atomic E-state index is 12.5. The summed E-state index contributed by atoms with van der Waals surface area (Å²) in [6.07, 6.45) is -3.56. The minimum absolute atomic E-state index is 0.000179. The van der Waals surface area contributed by atoms with Crippen molar-refractivity contribution in [2.24, 2.45) is 11.3 Å². The van der Waals surface area contributed by atoms with Crippen molar-refractivity contribution < 1.29 is 17.9 Å². The van der Waals surface area contributed by atoms with Gasteiger partial charge in [0.1, 0.15) is 0 Å². The number of nitrogens with zero attached hydrogens (tertiary/aromatic N) is 1. The Hall–Kier alpha value is -0.290. The van der Waals surface area contributed by atoms with Crippen molar-refractivity contribution in [2.45, 2.75) is 32.9 Å². The number of halogens is 3. The Morgan fingerprint density at radius 1 is 1.18 bits per heavy atom. The predicted octanol–water partition coefficient (Wildman–Crippen LogP) is 2.93. The lowest BCUT2D eigenvalue weighted by Gasteiger charge is -2.37. The third kappa shape index (κ3) is 4.84. The first-order chi connectivity index (χ1) is 7.74.